The summed E-state index contributed by atoms with van der Waals surface area (Å²) < 4.78 is 8.65. The summed E-state index contributed by atoms with van der Waals surface area (Å²) in [7, 11) is 1.57. The average Bonchev–Trinajstić information content (AvgIpc) is 3.34. The summed E-state index contributed by atoms with van der Waals surface area (Å²) in [6.45, 7) is 4.04. The lowest BCUT2D eigenvalue weighted by molar-refractivity contribution is -0.135. The number of benzene rings is 2. The van der Waals surface area contributed by atoms with E-state index in [1.54, 1.807) is 19.2 Å². The second-order valence-corrected chi connectivity index (χ2v) is 10.4. The van der Waals surface area contributed by atoms with Gasteiger partial charge in [-0.15, -0.1) is 0 Å². The third-order valence-electron chi connectivity index (χ3n) is 6.00. The van der Waals surface area contributed by atoms with Crippen LogP contribution in [0.2, 0.25) is 0 Å². The van der Waals surface area contributed by atoms with Crippen LogP contribution in [0.5, 0.6) is 5.75 Å². The van der Waals surface area contributed by atoms with Gasteiger partial charge in [0.05, 0.1) is 24.2 Å². The molecule has 1 aliphatic rings. The highest BCUT2D eigenvalue weighted by Gasteiger charge is 2.24. The highest BCUT2D eigenvalue weighted by atomic mass is 127. The number of nitrogen functional groups attached to an aromatic ring is 1. The molecule has 0 unspecified atom stereocenters. The molecule has 0 radical (unpaired) electrons. The van der Waals surface area contributed by atoms with Crippen molar-refractivity contribution in [3.63, 3.8) is 0 Å². The van der Waals surface area contributed by atoms with Crippen LogP contribution in [-0.4, -0.2) is 68.0 Å². The van der Waals surface area contributed by atoms with E-state index in [1.807, 2.05) is 35.0 Å². The van der Waals surface area contributed by atoms with Crippen molar-refractivity contribution in [2.45, 2.75) is 32.7 Å². The SMILES string of the molecule is CC(=O)O.CC(=O)O.COc1cc(-c2nn(C3CCNCC3)c3ncnc(N)c23)ccc1NC(=O)c1ccc(I)cc1. The third kappa shape index (κ3) is 8.59. The van der Waals surface area contributed by atoms with Crippen LogP contribution in [0.1, 0.15) is 43.1 Å². The van der Waals surface area contributed by atoms with Crippen molar-refractivity contribution in [1.29, 1.82) is 0 Å². The molecule has 4 aromatic rings. The number of aromatic nitrogens is 4. The smallest absolute Gasteiger partial charge is 0.300 e. The van der Waals surface area contributed by atoms with E-state index in [4.69, 9.17) is 35.4 Å². The molecule has 1 amide bonds. The van der Waals surface area contributed by atoms with Crippen molar-refractivity contribution in [2.24, 2.45) is 0 Å². The lowest BCUT2D eigenvalue weighted by Gasteiger charge is -2.23. The molecule has 0 bridgehead atoms. The summed E-state index contributed by atoms with van der Waals surface area (Å²) in [6, 6.07) is 13.2. The van der Waals surface area contributed by atoms with Gasteiger partial charge in [-0.25, -0.2) is 14.6 Å². The van der Waals surface area contributed by atoms with Gasteiger partial charge in [-0.2, -0.15) is 5.10 Å². The fraction of sp³-hybridized carbons (Fsp3) is 0.286. The summed E-state index contributed by atoms with van der Waals surface area (Å²) in [4.78, 5) is 39.4. The highest BCUT2D eigenvalue weighted by Crippen LogP contribution is 2.37. The molecule has 6 N–H and O–H groups in total. The van der Waals surface area contributed by atoms with Crippen LogP contribution in [0.15, 0.2) is 48.8 Å². The zero-order valence-corrected chi connectivity index (χ0v) is 25.5. The molecule has 0 spiro atoms. The lowest BCUT2D eigenvalue weighted by atomic mass is 10.1. The maximum atomic E-state index is 12.7. The summed E-state index contributed by atoms with van der Waals surface area (Å²) in [5.41, 5.74) is 9.65. The molecule has 0 aliphatic carbocycles. The molecule has 2 aromatic carbocycles. The number of carboxylic acid groups (broad SMARTS) is 2. The van der Waals surface area contributed by atoms with Gasteiger partial charge in [0, 0.05) is 28.5 Å². The van der Waals surface area contributed by atoms with E-state index in [2.05, 4.69) is 43.2 Å². The van der Waals surface area contributed by atoms with Crippen molar-refractivity contribution in [1.82, 2.24) is 25.1 Å². The first kappa shape index (κ1) is 32.2. The Morgan fingerprint density at radius 3 is 2.26 bits per heavy atom. The van der Waals surface area contributed by atoms with Crippen LogP contribution in [0, 0.1) is 3.57 Å². The largest absolute Gasteiger partial charge is 0.495 e. The fourth-order valence-corrected chi connectivity index (χ4v) is 4.60. The van der Waals surface area contributed by atoms with Crippen molar-refractivity contribution in [3.05, 3.63) is 57.9 Å². The van der Waals surface area contributed by atoms with Gasteiger partial charge in [-0.3, -0.25) is 14.4 Å². The predicted molar refractivity (Wildman–Crippen MR) is 167 cm³/mol. The van der Waals surface area contributed by atoms with Crippen LogP contribution in [-0.2, 0) is 9.59 Å². The van der Waals surface area contributed by atoms with Crippen molar-refractivity contribution < 1.29 is 29.3 Å². The van der Waals surface area contributed by atoms with E-state index in [-0.39, 0.29) is 11.9 Å². The monoisotopic (exact) mass is 689 g/mol. The predicted octanol–water partition coefficient (Wildman–Crippen LogP) is 4.05. The molecular formula is C28H32IN7O6. The Hall–Kier alpha value is -4.31. The number of anilines is 2. The van der Waals surface area contributed by atoms with Gasteiger partial charge >= 0.3 is 0 Å². The maximum Gasteiger partial charge on any atom is 0.300 e. The lowest BCUT2D eigenvalue weighted by Crippen LogP contribution is -2.30. The number of carbonyl (C=O) groups excluding carboxylic acids is 1. The Balaban J connectivity index is 0.000000540. The number of nitrogens with zero attached hydrogens (tertiary/aromatic N) is 4. The van der Waals surface area contributed by atoms with E-state index >= 15 is 0 Å². The number of fused-ring (bicyclic) bond motifs is 1. The van der Waals surface area contributed by atoms with Crippen LogP contribution in [0.3, 0.4) is 0 Å². The number of carboxylic acids is 2. The topological polar surface area (TPSA) is 195 Å². The molecule has 1 saturated heterocycles. The van der Waals surface area contributed by atoms with E-state index in [9.17, 15) is 4.79 Å². The number of nitrogens with two attached hydrogens (primary N) is 1. The first-order chi connectivity index (χ1) is 20.0. The number of amides is 1. The standard InChI is InChI=1S/C24H24IN7O2.2C2H4O2/c1-34-19-12-15(4-7-18(19)30-24(33)14-2-5-16(25)6-3-14)21-20-22(26)28-13-29-23(20)32(31-21)17-8-10-27-11-9-17;2*1-2(3)4/h2-7,12-13,17,27H,8-11H2,1H3,(H,30,33)(H2,26,28,29);2*1H3,(H,3,4). The van der Waals surface area contributed by atoms with E-state index in [1.165, 1.54) is 6.33 Å². The Morgan fingerprint density at radius 2 is 1.67 bits per heavy atom. The molecule has 0 atom stereocenters. The quantitative estimate of drug-likeness (QED) is 0.190. The summed E-state index contributed by atoms with van der Waals surface area (Å²) in [5.74, 6) is -0.965. The summed E-state index contributed by atoms with van der Waals surface area (Å²) >= 11 is 2.21. The third-order valence-corrected chi connectivity index (χ3v) is 6.72. The number of halogens is 1. The van der Waals surface area contributed by atoms with Gasteiger partial charge in [0.1, 0.15) is 23.6 Å². The maximum absolute atomic E-state index is 12.7. The van der Waals surface area contributed by atoms with Gasteiger partial charge in [0.2, 0.25) is 0 Å². The van der Waals surface area contributed by atoms with Crippen LogP contribution in [0.25, 0.3) is 22.3 Å². The van der Waals surface area contributed by atoms with E-state index in [0.717, 1.165) is 59.9 Å². The van der Waals surface area contributed by atoms with Crippen LogP contribution in [0.4, 0.5) is 11.5 Å². The van der Waals surface area contributed by atoms with Gasteiger partial charge < -0.3 is 31.3 Å². The summed E-state index contributed by atoms with van der Waals surface area (Å²) in [6.07, 6.45) is 3.41. The Kier molecular flexibility index (Phi) is 11.6. The first-order valence-corrected chi connectivity index (χ1v) is 13.9. The fourth-order valence-electron chi connectivity index (χ4n) is 4.24. The molecule has 13 nitrogen and oxygen atoms in total. The minimum Gasteiger partial charge on any atom is -0.495 e. The van der Waals surface area contributed by atoms with Crippen molar-refractivity contribution >= 4 is 63.0 Å². The minimum atomic E-state index is -0.833. The van der Waals surface area contributed by atoms with E-state index in [0.29, 0.717) is 28.5 Å². The van der Waals surface area contributed by atoms with Gasteiger partial charge in [0.15, 0.2) is 5.65 Å². The Labute approximate surface area is 255 Å². The molecule has 1 aliphatic heterocycles. The molecule has 2 aromatic heterocycles. The molecule has 42 heavy (non-hydrogen) atoms. The summed E-state index contributed by atoms with van der Waals surface area (Å²) in [5, 5.41) is 26.8. The number of carbonyl (C=O) groups is 3. The number of rotatable bonds is 5. The Morgan fingerprint density at radius 1 is 1.05 bits per heavy atom. The minimum absolute atomic E-state index is 0.208. The van der Waals surface area contributed by atoms with Crippen molar-refractivity contribution in [2.75, 3.05) is 31.2 Å². The number of piperidine rings is 1. The molecule has 3 heterocycles. The van der Waals surface area contributed by atoms with Gasteiger partial charge in [-0.05, 0) is 84.9 Å². The molecule has 222 valence electrons. The number of ether oxygens (including phenoxy) is 1. The molecule has 14 heteroatoms. The number of hydrogen-bond acceptors (Lipinski definition) is 9. The van der Waals surface area contributed by atoms with Crippen molar-refractivity contribution in [3.8, 4) is 17.0 Å². The number of methoxy groups -OCH3 is 1. The average molecular weight is 690 g/mol. The highest BCUT2D eigenvalue weighted by molar-refractivity contribution is 14.1. The zero-order valence-electron chi connectivity index (χ0n) is 23.3. The van der Waals surface area contributed by atoms with Gasteiger partial charge in [0.25, 0.3) is 17.8 Å². The molecular weight excluding hydrogens is 657 g/mol. The number of nitrogens with one attached hydrogen (secondary N) is 2. The second-order valence-electron chi connectivity index (χ2n) is 9.15. The normalized spacial score (nSPS) is 12.8. The zero-order chi connectivity index (χ0) is 30.8. The first-order valence-electron chi connectivity index (χ1n) is 12.9. The number of hydrogen-bond donors (Lipinski definition) is 5. The Bertz CT molecular complexity index is 1530. The molecule has 0 saturated carbocycles. The molecule has 1 fully saturated rings. The van der Waals surface area contributed by atoms with Crippen LogP contribution < -0.4 is 21.1 Å². The van der Waals surface area contributed by atoms with Crippen LogP contribution >= 0.6 is 22.6 Å². The van der Waals surface area contributed by atoms with E-state index < -0.39 is 11.9 Å². The van der Waals surface area contributed by atoms with Gasteiger partial charge in [-0.1, -0.05) is 6.07 Å². The number of aliphatic carboxylic acids is 2. The second kappa shape index (κ2) is 15.1. The molecule has 5 rings (SSSR count).